The van der Waals surface area contributed by atoms with Crippen molar-refractivity contribution in [3.8, 4) is 11.5 Å². The van der Waals surface area contributed by atoms with Crippen molar-refractivity contribution in [2.75, 3.05) is 37.9 Å². The van der Waals surface area contributed by atoms with Crippen molar-refractivity contribution in [1.29, 1.82) is 0 Å². The molecule has 29 heavy (non-hydrogen) atoms. The minimum Gasteiger partial charge on any atom is -0.497 e. The molecule has 2 aromatic carbocycles. The molecule has 0 unspecified atom stereocenters. The van der Waals surface area contributed by atoms with Crippen LogP contribution in [0.4, 0.5) is 11.4 Å². The summed E-state index contributed by atoms with van der Waals surface area (Å²) in [5.74, 6) is 0.0332. The molecule has 0 saturated heterocycles. The summed E-state index contributed by atoms with van der Waals surface area (Å²) in [5.41, 5.74) is 1.33. The maximum atomic E-state index is 13.0. The standard InChI is InChI=1S/C19H21N3O6S/c1-12-7-15-16(28-11-19(24)21-15)9-17(12)29(25,26)22(2)10-18(23)20-13-5-4-6-14(8-13)27-3/h4-9H,10-11H2,1-3H3,(H,20,23)(H,21,24). The summed E-state index contributed by atoms with van der Waals surface area (Å²) in [7, 11) is -1.13. The number of ether oxygens (including phenoxy) is 2. The Morgan fingerprint density at radius 2 is 2.07 bits per heavy atom. The number of fused-ring (bicyclic) bond motifs is 1. The van der Waals surface area contributed by atoms with E-state index in [0.29, 0.717) is 22.7 Å². The van der Waals surface area contributed by atoms with Gasteiger partial charge in [0.05, 0.1) is 24.2 Å². The second-order valence-electron chi connectivity index (χ2n) is 6.49. The monoisotopic (exact) mass is 419 g/mol. The van der Waals surface area contributed by atoms with E-state index in [9.17, 15) is 18.0 Å². The maximum absolute atomic E-state index is 13.0. The molecule has 0 aliphatic carbocycles. The molecule has 2 aromatic rings. The number of hydrogen-bond donors (Lipinski definition) is 2. The van der Waals surface area contributed by atoms with Crippen molar-refractivity contribution < 1.29 is 27.5 Å². The third-order valence-corrected chi connectivity index (χ3v) is 6.26. The van der Waals surface area contributed by atoms with E-state index in [1.165, 1.54) is 26.3 Å². The first-order valence-electron chi connectivity index (χ1n) is 8.68. The summed E-state index contributed by atoms with van der Waals surface area (Å²) in [4.78, 5) is 23.8. The molecule has 10 heteroatoms. The second-order valence-corrected chi connectivity index (χ2v) is 8.51. The van der Waals surface area contributed by atoms with Crippen LogP contribution in [0, 0.1) is 6.92 Å². The molecule has 2 amide bonds. The number of hydrogen-bond acceptors (Lipinski definition) is 6. The Hall–Kier alpha value is -3.11. The molecule has 0 atom stereocenters. The van der Waals surface area contributed by atoms with Gasteiger partial charge in [-0.3, -0.25) is 9.59 Å². The summed E-state index contributed by atoms with van der Waals surface area (Å²) < 4.78 is 37.3. The number of sulfonamides is 1. The fourth-order valence-electron chi connectivity index (χ4n) is 2.85. The van der Waals surface area contributed by atoms with E-state index >= 15 is 0 Å². The van der Waals surface area contributed by atoms with E-state index in [1.54, 1.807) is 31.2 Å². The molecule has 2 N–H and O–H groups in total. The number of amides is 2. The predicted molar refractivity (Wildman–Crippen MR) is 107 cm³/mol. The number of carbonyl (C=O) groups excluding carboxylic acids is 2. The van der Waals surface area contributed by atoms with E-state index in [-0.39, 0.29) is 29.7 Å². The highest BCUT2D eigenvalue weighted by atomic mass is 32.2. The van der Waals surface area contributed by atoms with Gasteiger partial charge in [0.2, 0.25) is 15.9 Å². The molecule has 3 rings (SSSR count). The summed E-state index contributed by atoms with van der Waals surface area (Å²) in [6.07, 6.45) is 0. The van der Waals surface area contributed by atoms with Crippen LogP contribution in [-0.2, 0) is 19.6 Å². The highest BCUT2D eigenvalue weighted by Gasteiger charge is 2.28. The van der Waals surface area contributed by atoms with Gasteiger partial charge in [-0.15, -0.1) is 0 Å². The average molecular weight is 419 g/mol. The Morgan fingerprint density at radius 1 is 1.31 bits per heavy atom. The molecule has 0 fully saturated rings. The Bertz CT molecular complexity index is 1070. The first-order chi connectivity index (χ1) is 13.7. The highest BCUT2D eigenvalue weighted by Crippen LogP contribution is 2.33. The molecule has 0 bridgehead atoms. The number of methoxy groups -OCH3 is 1. The second kappa shape index (κ2) is 8.10. The molecule has 9 nitrogen and oxygen atoms in total. The zero-order valence-corrected chi connectivity index (χ0v) is 17.0. The van der Waals surface area contributed by atoms with Crippen LogP contribution in [0.5, 0.6) is 11.5 Å². The molecule has 0 radical (unpaired) electrons. The van der Waals surface area contributed by atoms with Crippen molar-refractivity contribution in [3.05, 3.63) is 42.0 Å². The summed E-state index contributed by atoms with van der Waals surface area (Å²) >= 11 is 0. The Kier molecular flexibility index (Phi) is 5.76. The molecule has 1 heterocycles. The molecule has 0 aromatic heterocycles. The van der Waals surface area contributed by atoms with Gasteiger partial charge in [-0.05, 0) is 30.7 Å². The average Bonchev–Trinajstić information content (AvgIpc) is 2.67. The van der Waals surface area contributed by atoms with Gasteiger partial charge < -0.3 is 20.1 Å². The fourth-order valence-corrected chi connectivity index (χ4v) is 4.20. The van der Waals surface area contributed by atoms with Crippen LogP contribution in [0.15, 0.2) is 41.3 Å². The van der Waals surface area contributed by atoms with Crippen LogP contribution in [0.25, 0.3) is 0 Å². The quantitative estimate of drug-likeness (QED) is 0.735. The van der Waals surface area contributed by atoms with Gasteiger partial charge in [0, 0.05) is 24.9 Å². The van der Waals surface area contributed by atoms with Crippen LogP contribution in [-0.4, -0.2) is 51.8 Å². The lowest BCUT2D eigenvalue weighted by Crippen LogP contribution is -2.35. The highest BCUT2D eigenvalue weighted by molar-refractivity contribution is 7.89. The van der Waals surface area contributed by atoms with Crippen molar-refractivity contribution in [2.45, 2.75) is 11.8 Å². The minimum absolute atomic E-state index is 0.00378. The van der Waals surface area contributed by atoms with Gasteiger partial charge >= 0.3 is 0 Å². The van der Waals surface area contributed by atoms with Crippen molar-refractivity contribution in [2.24, 2.45) is 0 Å². The van der Waals surface area contributed by atoms with E-state index in [4.69, 9.17) is 9.47 Å². The largest absolute Gasteiger partial charge is 0.497 e. The van der Waals surface area contributed by atoms with Gasteiger partial charge in [0.25, 0.3) is 5.91 Å². The number of aryl methyl sites for hydroxylation is 1. The normalized spacial score (nSPS) is 13.3. The Balaban J connectivity index is 1.77. The molecule has 154 valence electrons. The number of rotatable bonds is 6. The molecular formula is C19H21N3O6S. The van der Waals surface area contributed by atoms with Gasteiger partial charge in [0.15, 0.2) is 6.61 Å². The van der Waals surface area contributed by atoms with E-state index in [0.717, 1.165) is 4.31 Å². The third-order valence-electron chi connectivity index (χ3n) is 4.32. The smallest absolute Gasteiger partial charge is 0.262 e. The molecular weight excluding hydrogens is 398 g/mol. The first kappa shape index (κ1) is 20.6. The molecule has 0 saturated carbocycles. The number of nitrogens with zero attached hydrogens (tertiary/aromatic N) is 1. The van der Waals surface area contributed by atoms with Gasteiger partial charge in [-0.2, -0.15) is 4.31 Å². The van der Waals surface area contributed by atoms with Crippen LogP contribution >= 0.6 is 0 Å². The van der Waals surface area contributed by atoms with Crippen LogP contribution in [0.3, 0.4) is 0 Å². The minimum atomic E-state index is -3.96. The zero-order valence-electron chi connectivity index (χ0n) is 16.2. The number of carbonyl (C=O) groups is 2. The number of anilines is 2. The van der Waals surface area contributed by atoms with Gasteiger partial charge in [0.1, 0.15) is 11.5 Å². The lowest BCUT2D eigenvalue weighted by molar-refractivity contribution is -0.118. The SMILES string of the molecule is COc1cccc(NC(=O)CN(C)S(=O)(=O)c2cc3c(cc2C)NC(=O)CO3)c1. The lowest BCUT2D eigenvalue weighted by Gasteiger charge is -2.22. The van der Waals surface area contributed by atoms with E-state index < -0.39 is 15.9 Å². The van der Waals surface area contributed by atoms with Crippen molar-refractivity contribution in [1.82, 2.24) is 4.31 Å². The lowest BCUT2D eigenvalue weighted by atomic mass is 10.2. The summed E-state index contributed by atoms with van der Waals surface area (Å²) in [6, 6.07) is 9.64. The molecule has 0 spiro atoms. The Labute approximate surface area is 168 Å². The zero-order chi connectivity index (χ0) is 21.2. The number of benzene rings is 2. The van der Waals surface area contributed by atoms with Crippen LogP contribution in [0.2, 0.25) is 0 Å². The number of nitrogens with one attached hydrogen (secondary N) is 2. The topological polar surface area (TPSA) is 114 Å². The first-order valence-corrected chi connectivity index (χ1v) is 10.1. The predicted octanol–water partition coefficient (Wildman–Crippen LogP) is 1.59. The summed E-state index contributed by atoms with van der Waals surface area (Å²) in [6.45, 7) is 1.04. The van der Waals surface area contributed by atoms with Crippen LogP contribution in [0.1, 0.15) is 5.56 Å². The third kappa shape index (κ3) is 4.49. The molecule has 1 aliphatic rings. The molecule has 1 aliphatic heterocycles. The van der Waals surface area contributed by atoms with Crippen LogP contribution < -0.4 is 20.1 Å². The van der Waals surface area contributed by atoms with E-state index in [1.807, 2.05) is 0 Å². The Morgan fingerprint density at radius 3 is 2.79 bits per heavy atom. The maximum Gasteiger partial charge on any atom is 0.262 e. The fraction of sp³-hybridized carbons (Fsp3) is 0.263. The van der Waals surface area contributed by atoms with Crippen molar-refractivity contribution in [3.63, 3.8) is 0 Å². The van der Waals surface area contributed by atoms with Gasteiger partial charge in [-0.1, -0.05) is 6.07 Å². The van der Waals surface area contributed by atoms with Gasteiger partial charge in [-0.25, -0.2) is 8.42 Å². The van der Waals surface area contributed by atoms with E-state index in [2.05, 4.69) is 10.6 Å². The summed E-state index contributed by atoms with van der Waals surface area (Å²) in [5, 5.41) is 5.27. The van der Waals surface area contributed by atoms with Crippen molar-refractivity contribution >= 4 is 33.2 Å². The number of likely N-dealkylation sites (N-methyl/N-ethyl adjacent to an activating group) is 1.